The van der Waals surface area contributed by atoms with E-state index in [-0.39, 0.29) is 0 Å². The summed E-state index contributed by atoms with van der Waals surface area (Å²) in [6.45, 7) is 2.18. The molecule has 1 aliphatic rings. The van der Waals surface area contributed by atoms with Crippen LogP contribution in [0.25, 0.3) is 0 Å². The monoisotopic (exact) mass is 189 g/mol. The van der Waals surface area contributed by atoms with Crippen LogP contribution in [0.2, 0.25) is 0 Å². The molecule has 0 atom stereocenters. The van der Waals surface area contributed by atoms with Gasteiger partial charge in [-0.15, -0.1) is 0 Å². The van der Waals surface area contributed by atoms with E-state index < -0.39 is 0 Å². The average molecular weight is 189 g/mol. The van der Waals surface area contributed by atoms with Crippen LogP contribution in [-0.4, -0.2) is 0 Å². The van der Waals surface area contributed by atoms with Gasteiger partial charge in [-0.05, 0) is 48.9 Å². The summed E-state index contributed by atoms with van der Waals surface area (Å²) in [5.41, 5.74) is 9.55. The summed E-state index contributed by atoms with van der Waals surface area (Å²) in [7, 11) is 0. The Morgan fingerprint density at radius 3 is 2.50 bits per heavy atom. The molecule has 0 heterocycles. The van der Waals surface area contributed by atoms with Crippen molar-refractivity contribution in [2.75, 3.05) is 5.73 Å². The van der Waals surface area contributed by atoms with E-state index >= 15 is 0 Å². The smallest absolute Gasteiger partial charge is 0.0316 e. The second-order valence-electron chi connectivity index (χ2n) is 4.45. The van der Waals surface area contributed by atoms with E-state index in [9.17, 15) is 0 Å². The number of nitrogens with two attached hydrogens (primary N) is 1. The molecule has 1 aromatic carbocycles. The zero-order valence-corrected chi connectivity index (χ0v) is 8.92. The molecule has 1 heteroatoms. The van der Waals surface area contributed by atoms with E-state index in [1.54, 1.807) is 0 Å². The normalized spacial score (nSPS) is 18.4. The van der Waals surface area contributed by atoms with Crippen LogP contribution < -0.4 is 5.73 Å². The van der Waals surface area contributed by atoms with Gasteiger partial charge >= 0.3 is 0 Å². The van der Waals surface area contributed by atoms with E-state index in [0.717, 1.165) is 11.6 Å². The highest BCUT2D eigenvalue weighted by Crippen LogP contribution is 2.34. The van der Waals surface area contributed by atoms with Crippen molar-refractivity contribution in [3.63, 3.8) is 0 Å². The van der Waals surface area contributed by atoms with Crippen molar-refractivity contribution in [1.82, 2.24) is 0 Å². The molecular formula is C13H19N. The summed E-state index contributed by atoms with van der Waals surface area (Å²) in [5, 5.41) is 0. The van der Waals surface area contributed by atoms with Gasteiger partial charge in [0, 0.05) is 5.69 Å². The summed E-state index contributed by atoms with van der Waals surface area (Å²) < 4.78 is 0. The third kappa shape index (κ3) is 1.92. The number of aryl methyl sites for hydroxylation is 1. The van der Waals surface area contributed by atoms with E-state index in [4.69, 9.17) is 5.73 Å². The molecule has 1 aliphatic carbocycles. The number of nitrogen functional groups attached to an aromatic ring is 1. The Bertz CT molecular complexity index is 311. The Morgan fingerprint density at radius 2 is 1.86 bits per heavy atom. The second kappa shape index (κ2) is 4.04. The van der Waals surface area contributed by atoms with Gasteiger partial charge in [0.25, 0.3) is 0 Å². The van der Waals surface area contributed by atoms with Crippen LogP contribution in [0.1, 0.15) is 49.1 Å². The lowest BCUT2D eigenvalue weighted by Crippen LogP contribution is -2.06. The zero-order chi connectivity index (χ0) is 9.97. The number of benzene rings is 1. The number of rotatable bonds is 1. The van der Waals surface area contributed by atoms with Gasteiger partial charge in [0.05, 0.1) is 0 Å². The van der Waals surface area contributed by atoms with Gasteiger partial charge in [0.15, 0.2) is 0 Å². The standard InChI is InChI=1S/C13H19N/c1-10-9-12(14)7-8-13(10)11-5-3-2-4-6-11/h7-9,11H,2-6,14H2,1H3. The molecule has 2 rings (SSSR count). The lowest BCUT2D eigenvalue weighted by molar-refractivity contribution is 0.442. The summed E-state index contributed by atoms with van der Waals surface area (Å²) in [6.07, 6.45) is 6.95. The van der Waals surface area contributed by atoms with Gasteiger partial charge in [0.1, 0.15) is 0 Å². The lowest BCUT2D eigenvalue weighted by atomic mass is 9.82. The predicted octanol–water partition coefficient (Wildman–Crippen LogP) is 3.62. The maximum Gasteiger partial charge on any atom is 0.0316 e. The molecule has 0 saturated heterocycles. The third-order valence-corrected chi connectivity index (χ3v) is 3.34. The molecule has 0 bridgehead atoms. The number of hydrogen-bond donors (Lipinski definition) is 1. The molecule has 0 aliphatic heterocycles. The van der Waals surface area contributed by atoms with Crippen molar-refractivity contribution in [2.45, 2.75) is 44.9 Å². The van der Waals surface area contributed by atoms with Crippen molar-refractivity contribution in [1.29, 1.82) is 0 Å². The number of anilines is 1. The Morgan fingerprint density at radius 1 is 1.14 bits per heavy atom. The van der Waals surface area contributed by atoms with Crippen LogP contribution in [-0.2, 0) is 0 Å². The largest absolute Gasteiger partial charge is 0.399 e. The minimum absolute atomic E-state index is 0.796. The molecule has 0 radical (unpaired) electrons. The quantitative estimate of drug-likeness (QED) is 0.671. The van der Waals surface area contributed by atoms with Gasteiger partial charge in [-0.1, -0.05) is 25.3 Å². The van der Waals surface area contributed by atoms with Crippen molar-refractivity contribution in [2.24, 2.45) is 0 Å². The van der Waals surface area contributed by atoms with E-state index in [2.05, 4.69) is 19.1 Å². The first-order chi connectivity index (χ1) is 6.77. The Balaban J connectivity index is 2.22. The molecule has 0 spiro atoms. The van der Waals surface area contributed by atoms with Gasteiger partial charge in [-0.25, -0.2) is 0 Å². The predicted molar refractivity (Wildman–Crippen MR) is 61.4 cm³/mol. The minimum atomic E-state index is 0.796. The first-order valence-electron chi connectivity index (χ1n) is 5.63. The van der Waals surface area contributed by atoms with E-state index in [0.29, 0.717) is 0 Å². The highest BCUT2D eigenvalue weighted by molar-refractivity contribution is 5.45. The molecule has 76 valence electrons. The Kier molecular flexibility index (Phi) is 2.76. The Labute approximate surface area is 86.3 Å². The van der Waals surface area contributed by atoms with Gasteiger partial charge in [-0.2, -0.15) is 0 Å². The van der Waals surface area contributed by atoms with Crippen molar-refractivity contribution < 1.29 is 0 Å². The molecular weight excluding hydrogens is 170 g/mol. The maximum atomic E-state index is 5.76. The molecule has 0 aromatic heterocycles. The first-order valence-corrected chi connectivity index (χ1v) is 5.63. The molecule has 1 aromatic rings. The highest BCUT2D eigenvalue weighted by atomic mass is 14.5. The van der Waals surface area contributed by atoms with Crippen LogP contribution in [0.3, 0.4) is 0 Å². The average Bonchev–Trinajstić information content (AvgIpc) is 2.19. The fourth-order valence-electron chi connectivity index (χ4n) is 2.57. The molecule has 0 unspecified atom stereocenters. The summed E-state index contributed by atoms with van der Waals surface area (Å²) >= 11 is 0. The van der Waals surface area contributed by atoms with Gasteiger partial charge < -0.3 is 5.73 Å². The summed E-state index contributed by atoms with van der Waals surface area (Å²) in [4.78, 5) is 0. The van der Waals surface area contributed by atoms with Gasteiger partial charge in [0.2, 0.25) is 0 Å². The highest BCUT2D eigenvalue weighted by Gasteiger charge is 2.16. The Hall–Kier alpha value is -0.980. The molecule has 2 N–H and O–H groups in total. The lowest BCUT2D eigenvalue weighted by Gasteiger charge is -2.23. The van der Waals surface area contributed by atoms with Crippen LogP contribution in [0.15, 0.2) is 18.2 Å². The molecule has 0 amide bonds. The second-order valence-corrected chi connectivity index (χ2v) is 4.45. The topological polar surface area (TPSA) is 26.0 Å². The third-order valence-electron chi connectivity index (χ3n) is 3.34. The number of hydrogen-bond acceptors (Lipinski definition) is 1. The van der Waals surface area contributed by atoms with Crippen molar-refractivity contribution in [3.05, 3.63) is 29.3 Å². The zero-order valence-electron chi connectivity index (χ0n) is 8.92. The molecule has 1 saturated carbocycles. The molecule has 1 fully saturated rings. The van der Waals surface area contributed by atoms with Crippen molar-refractivity contribution >= 4 is 5.69 Å². The van der Waals surface area contributed by atoms with Gasteiger partial charge in [-0.3, -0.25) is 0 Å². The van der Waals surface area contributed by atoms with Crippen LogP contribution in [0, 0.1) is 6.92 Å². The SMILES string of the molecule is Cc1cc(N)ccc1C1CCCCC1. The fraction of sp³-hybridized carbons (Fsp3) is 0.538. The summed E-state index contributed by atoms with van der Waals surface area (Å²) in [6, 6.07) is 6.36. The molecule has 14 heavy (non-hydrogen) atoms. The van der Waals surface area contributed by atoms with Crippen LogP contribution >= 0.6 is 0 Å². The minimum Gasteiger partial charge on any atom is -0.399 e. The van der Waals surface area contributed by atoms with Crippen LogP contribution in [0.5, 0.6) is 0 Å². The molecule has 1 nitrogen and oxygen atoms in total. The first kappa shape index (κ1) is 9.57. The maximum absolute atomic E-state index is 5.76. The van der Waals surface area contributed by atoms with Crippen LogP contribution in [0.4, 0.5) is 5.69 Å². The van der Waals surface area contributed by atoms with E-state index in [1.165, 1.54) is 43.2 Å². The van der Waals surface area contributed by atoms with E-state index in [1.807, 2.05) is 6.07 Å². The summed E-state index contributed by atoms with van der Waals surface area (Å²) in [5.74, 6) is 0.796. The fourth-order valence-corrected chi connectivity index (χ4v) is 2.57. The van der Waals surface area contributed by atoms with Crippen molar-refractivity contribution in [3.8, 4) is 0 Å².